The van der Waals surface area contributed by atoms with Crippen LogP contribution < -0.4 is 16.0 Å². The fraction of sp³-hybridized carbons (Fsp3) is 0.200. The Morgan fingerprint density at radius 2 is 1.77 bits per heavy atom. The van der Waals surface area contributed by atoms with Gasteiger partial charge in [-0.2, -0.15) is 5.26 Å². The number of nitrogens with one attached hydrogen (secondary N) is 1. The van der Waals surface area contributed by atoms with E-state index in [0.717, 1.165) is 7.11 Å². The fourth-order valence-corrected chi connectivity index (χ4v) is 3.99. The molecule has 9 nitrogen and oxygen atoms in total. The fourth-order valence-electron chi connectivity index (χ4n) is 3.76. The number of halogens is 1. The van der Waals surface area contributed by atoms with Crippen LogP contribution in [0, 0.1) is 11.3 Å². The third kappa shape index (κ3) is 4.83. The average molecular weight is 495 g/mol. The molecule has 10 heteroatoms. The molecule has 0 saturated heterocycles. The molecule has 1 aliphatic rings. The van der Waals surface area contributed by atoms with Gasteiger partial charge in [0.05, 0.1) is 48.1 Å². The second-order valence-corrected chi connectivity index (χ2v) is 7.81. The van der Waals surface area contributed by atoms with Crippen molar-refractivity contribution in [1.29, 1.82) is 5.26 Å². The summed E-state index contributed by atoms with van der Waals surface area (Å²) < 4.78 is 9.99. The summed E-state index contributed by atoms with van der Waals surface area (Å²) in [5, 5.41) is 12.9. The summed E-state index contributed by atoms with van der Waals surface area (Å²) in [6.45, 7) is 1.70. The van der Waals surface area contributed by atoms with Crippen molar-refractivity contribution < 1.29 is 23.9 Å². The second kappa shape index (κ2) is 10.8. The van der Waals surface area contributed by atoms with Crippen molar-refractivity contribution in [2.45, 2.75) is 19.3 Å². The zero-order valence-electron chi connectivity index (χ0n) is 19.3. The van der Waals surface area contributed by atoms with E-state index in [0.29, 0.717) is 11.3 Å². The van der Waals surface area contributed by atoms with Gasteiger partial charge < -0.3 is 20.5 Å². The Morgan fingerprint density at radius 1 is 1.11 bits per heavy atom. The van der Waals surface area contributed by atoms with Gasteiger partial charge in [-0.1, -0.05) is 48.9 Å². The van der Waals surface area contributed by atoms with E-state index in [9.17, 15) is 19.6 Å². The van der Waals surface area contributed by atoms with Gasteiger partial charge in [0, 0.05) is 12.1 Å². The van der Waals surface area contributed by atoms with Crippen molar-refractivity contribution >= 4 is 40.8 Å². The molecule has 3 rings (SSSR count). The highest BCUT2D eigenvalue weighted by atomic mass is 35.5. The Labute approximate surface area is 207 Å². The first kappa shape index (κ1) is 25.3. The molecule has 0 spiro atoms. The number of anilines is 2. The zero-order chi connectivity index (χ0) is 25.7. The van der Waals surface area contributed by atoms with E-state index in [1.165, 1.54) is 24.1 Å². The lowest BCUT2D eigenvalue weighted by Crippen LogP contribution is -2.40. The lowest BCUT2D eigenvalue weighted by Gasteiger charge is -2.36. The van der Waals surface area contributed by atoms with Gasteiger partial charge in [-0.05, 0) is 23.8 Å². The number of nitrogens with two attached hydrogens (primary N) is 1. The summed E-state index contributed by atoms with van der Waals surface area (Å²) in [6, 6.07) is 15.3. The topological polar surface area (TPSA) is 135 Å². The first-order valence-electron chi connectivity index (χ1n) is 10.5. The van der Waals surface area contributed by atoms with E-state index in [1.54, 1.807) is 43.3 Å². The number of carbonyl (C=O) groups is 3. The minimum Gasteiger partial charge on any atom is -0.466 e. The number of methoxy groups -OCH3 is 2. The van der Waals surface area contributed by atoms with E-state index in [1.807, 2.05) is 0 Å². The number of amides is 1. The molecule has 180 valence electrons. The molecule has 35 heavy (non-hydrogen) atoms. The summed E-state index contributed by atoms with van der Waals surface area (Å²) >= 11 is 6.39. The standard InChI is InChI=1S/C25H23ClN4O5/c1-4-19(31)29-18-11-10-15(12-17(18)26)30-22(25(33)35-3)21(24(32)34-2)20(16(13-27)23(30)28)14-8-6-5-7-9-14/h5-12,20H,4,28H2,1-3H3,(H,29,31). The molecule has 1 amide bonds. The molecule has 1 atom stereocenters. The highest BCUT2D eigenvalue weighted by molar-refractivity contribution is 6.34. The van der Waals surface area contributed by atoms with Gasteiger partial charge in [0.1, 0.15) is 11.5 Å². The quantitative estimate of drug-likeness (QED) is 0.582. The van der Waals surface area contributed by atoms with Gasteiger partial charge in [0.2, 0.25) is 5.91 Å². The van der Waals surface area contributed by atoms with Gasteiger partial charge in [-0.3, -0.25) is 9.69 Å². The van der Waals surface area contributed by atoms with Crippen LogP contribution in [-0.2, 0) is 23.9 Å². The number of hydrogen-bond acceptors (Lipinski definition) is 8. The predicted octanol–water partition coefficient (Wildman–Crippen LogP) is 3.59. The Hall–Kier alpha value is -4.29. The summed E-state index contributed by atoms with van der Waals surface area (Å²) in [5.74, 6) is -3.00. The van der Waals surface area contributed by atoms with Crippen LogP contribution >= 0.6 is 11.6 Å². The largest absolute Gasteiger partial charge is 0.466 e. The number of nitrogens with zero attached hydrogens (tertiary/aromatic N) is 2. The first-order valence-corrected chi connectivity index (χ1v) is 10.9. The predicted molar refractivity (Wildman–Crippen MR) is 130 cm³/mol. The highest BCUT2D eigenvalue weighted by Crippen LogP contribution is 2.44. The van der Waals surface area contributed by atoms with Crippen molar-refractivity contribution in [2.24, 2.45) is 5.73 Å². The van der Waals surface area contributed by atoms with Crippen LogP contribution in [0.3, 0.4) is 0 Å². The molecule has 0 fully saturated rings. The maximum atomic E-state index is 13.1. The monoisotopic (exact) mass is 494 g/mol. The second-order valence-electron chi connectivity index (χ2n) is 7.40. The lowest BCUT2D eigenvalue weighted by atomic mass is 9.81. The molecule has 3 N–H and O–H groups in total. The van der Waals surface area contributed by atoms with Crippen molar-refractivity contribution in [3.8, 4) is 6.07 Å². The molecule has 0 radical (unpaired) electrons. The number of nitriles is 1. The maximum Gasteiger partial charge on any atom is 0.355 e. The van der Waals surface area contributed by atoms with Gasteiger partial charge in [0.15, 0.2) is 0 Å². The number of benzene rings is 2. The molecule has 1 aliphatic heterocycles. The summed E-state index contributed by atoms with van der Waals surface area (Å²) in [4.78, 5) is 39.1. The van der Waals surface area contributed by atoms with E-state index < -0.39 is 17.9 Å². The Morgan fingerprint density at radius 3 is 2.31 bits per heavy atom. The Balaban J connectivity index is 2.32. The molecule has 1 unspecified atom stereocenters. The zero-order valence-corrected chi connectivity index (χ0v) is 20.1. The molecular formula is C25H23ClN4O5. The number of ether oxygens (including phenoxy) is 2. The Kier molecular flexibility index (Phi) is 7.79. The number of rotatable bonds is 6. The smallest absolute Gasteiger partial charge is 0.355 e. The van der Waals surface area contributed by atoms with Crippen LogP contribution in [0.4, 0.5) is 11.4 Å². The average Bonchev–Trinajstić information content (AvgIpc) is 2.88. The van der Waals surface area contributed by atoms with Gasteiger partial charge >= 0.3 is 11.9 Å². The highest BCUT2D eigenvalue weighted by Gasteiger charge is 2.43. The van der Waals surface area contributed by atoms with Crippen molar-refractivity contribution in [1.82, 2.24) is 0 Å². The molecule has 0 aliphatic carbocycles. The Bertz CT molecular complexity index is 1280. The number of esters is 2. The lowest BCUT2D eigenvalue weighted by molar-refractivity contribution is -0.139. The van der Waals surface area contributed by atoms with Crippen LogP contribution in [0.25, 0.3) is 0 Å². The minimum atomic E-state index is -0.974. The summed E-state index contributed by atoms with van der Waals surface area (Å²) in [6.07, 6.45) is 0.254. The van der Waals surface area contributed by atoms with Crippen LogP contribution in [0.5, 0.6) is 0 Å². The van der Waals surface area contributed by atoms with E-state index in [4.69, 9.17) is 26.8 Å². The van der Waals surface area contributed by atoms with E-state index in [-0.39, 0.29) is 45.7 Å². The van der Waals surface area contributed by atoms with Gasteiger partial charge in [0.25, 0.3) is 0 Å². The molecule has 1 heterocycles. The molecule has 2 aromatic carbocycles. The van der Waals surface area contributed by atoms with Crippen molar-refractivity contribution in [2.75, 3.05) is 24.4 Å². The SMILES string of the molecule is CCC(=O)Nc1ccc(N2C(N)=C(C#N)C(c3ccccc3)C(C(=O)OC)=C2C(=O)OC)cc1Cl. The van der Waals surface area contributed by atoms with Crippen molar-refractivity contribution in [3.63, 3.8) is 0 Å². The molecule has 0 bridgehead atoms. The molecule has 0 saturated carbocycles. The van der Waals surface area contributed by atoms with Crippen LogP contribution in [0.15, 0.2) is 71.2 Å². The van der Waals surface area contributed by atoms with Crippen molar-refractivity contribution in [3.05, 3.63) is 81.8 Å². The van der Waals surface area contributed by atoms with Crippen LogP contribution in [0.1, 0.15) is 24.8 Å². The third-order valence-electron chi connectivity index (χ3n) is 5.42. The van der Waals surface area contributed by atoms with E-state index in [2.05, 4.69) is 11.4 Å². The van der Waals surface area contributed by atoms with Crippen LogP contribution in [0.2, 0.25) is 5.02 Å². The van der Waals surface area contributed by atoms with Gasteiger partial charge in [-0.15, -0.1) is 0 Å². The molecular weight excluding hydrogens is 472 g/mol. The molecule has 2 aromatic rings. The summed E-state index contributed by atoms with van der Waals surface area (Å²) in [5.41, 5.74) is 7.32. The normalized spacial score (nSPS) is 15.4. The minimum absolute atomic E-state index is 0.0312. The number of allylic oxidation sites excluding steroid dienone is 1. The maximum absolute atomic E-state index is 13.1. The summed E-state index contributed by atoms with van der Waals surface area (Å²) in [7, 11) is 2.34. The number of hydrogen-bond donors (Lipinski definition) is 2. The first-order chi connectivity index (χ1) is 16.8. The van der Waals surface area contributed by atoms with Crippen LogP contribution in [-0.4, -0.2) is 32.1 Å². The van der Waals surface area contributed by atoms with E-state index >= 15 is 0 Å². The number of carbonyl (C=O) groups excluding carboxylic acids is 3. The van der Waals surface area contributed by atoms with Gasteiger partial charge in [-0.25, -0.2) is 9.59 Å². The third-order valence-corrected chi connectivity index (χ3v) is 5.73. The molecule has 0 aromatic heterocycles.